The van der Waals surface area contributed by atoms with E-state index < -0.39 is 9.84 Å². The van der Waals surface area contributed by atoms with Gasteiger partial charge in [0.1, 0.15) is 35.7 Å². The van der Waals surface area contributed by atoms with Gasteiger partial charge in [-0.25, -0.2) is 8.42 Å². The Morgan fingerprint density at radius 3 is 1.57 bits per heavy atom. The van der Waals surface area contributed by atoms with Crippen molar-refractivity contribution in [1.29, 1.82) is 0 Å². The smallest absolute Gasteiger partial charge is 0.179 e. The zero-order chi connectivity index (χ0) is 40.2. The van der Waals surface area contributed by atoms with Crippen LogP contribution in [-0.2, 0) is 35.9 Å². The summed E-state index contributed by atoms with van der Waals surface area (Å²) in [6.07, 6.45) is 5.01. The van der Waals surface area contributed by atoms with Crippen LogP contribution in [0.25, 0.3) is 21.8 Å². The molecule has 2 heterocycles. The molecular formula is C50H46N2O4S2. The lowest BCUT2D eigenvalue weighted by molar-refractivity contribution is 0.309. The largest absolute Gasteiger partial charge is 0.487 e. The lowest BCUT2D eigenvalue weighted by Crippen LogP contribution is -2.10. The predicted octanol–water partition coefficient (Wildman–Crippen LogP) is 11.6. The average molecular weight is 803 g/mol. The van der Waals surface area contributed by atoms with Gasteiger partial charge >= 0.3 is 0 Å². The molecule has 0 aliphatic rings. The van der Waals surface area contributed by atoms with Crippen molar-refractivity contribution in [3.8, 4) is 11.5 Å². The first-order valence-electron chi connectivity index (χ1n) is 19.4. The van der Waals surface area contributed by atoms with E-state index in [1.807, 2.05) is 110 Å². The molecule has 6 nitrogen and oxygen atoms in total. The van der Waals surface area contributed by atoms with E-state index in [1.165, 1.54) is 16.0 Å². The van der Waals surface area contributed by atoms with Crippen LogP contribution >= 0.6 is 11.8 Å². The number of ether oxygens (including phenoxy) is 2. The van der Waals surface area contributed by atoms with Gasteiger partial charge in [0.25, 0.3) is 0 Å². The van der Waals surface area contributed by atoms with Gasteiger partial charge in [-0.15, -0.1) is 11.8 Å². The van der Waals surface area contributed by atoms with E-state index in [0.717, 1.165) is 51.1 Å². The first-order chi connectivity index (χ1) is 28.3. The summed E-state index contributed by atoms with van der Waals surface area (Å²) in [6.45, 7) is 5.08. The third-order valence-corrected chi connectivity index (χ3v) is 12.6. The molecule has 8 heteroatoms. The first kappa shape index (κ1) is 40.2. The fraction of sp³-hybridized carbons (Fsp3) is 0.160. The van der Waals surface area contributed by atoms with E-state index in [9.17, 15) is 8.42 Å². The summed E-state index contributed by atoms with van der Waals surface area (Å²) in [5.74, 6) is 2.50. The predicted molar refractivity (Wildman–Crippen MR) is 238 cm³/mol. The molecule has 0 saturated carbocycles. The molecule has 0 saturated heterocycles. The van der Waals surface area contributed by atoms with Crippen molar-refractivity contribution in [1.82, 2.24) is 9.97 Å². The molecule has 0 N–H and O–H groups in total. The molecule has 0 fully saturated rings. The highest BCUT2D eigenvalue weighted by Crippen LogP contribution is 2.34. The van der Waals surface area contributed by atoms with E-state index in [-0.39, 0.29) is 5.75 Å². The van der Waals surface area contributed by atoms with Gasteiger partial charge in [0.15, 0.2) is 9.84 Å². The number of rotatable bonds is 14. The van der Waals surface area contributed by atoms with Gasteiger partial charge in [-0.05, 0) is 91.4 Å². The Hall–Kier alpha value is -5.96. The standard InChI is InChI=1S/C25H23NO3S.C25H23NOS/c1-19-9-11-20(12-10-19)15-17-30(27,28)24-14-13-23(25-22(24)8-5-16-26-25)29-18-21-6-3-2-4-7-21;1-19-9-11-20(12-10-19)15-17-28-24-14-13-23(25-22(24)8-5-16-26-25)27-18-21-6-3-2-4-7-21/h2-14,16H,15,17-18H2,1H3;2-14,16H,15,17-18H2,1H3. The molecular weight excluding hydrogens is 757 g/mol. The highest BCUT2D eigenvalue weighted by molar-refractivity contribution is 7.99. The molecule has 8 aromatic rings. The summed E-state index contributed by atoms with van der Waals surface area (Å²) in [4.78, 5) is 10.5. The maximum Gasteiger partial charge on any atom is 0.179 e. The van der Waals surface area contributed by atoms with Crippen molar-refractivity contribution >= 4 is 43.4 Å². The Labute approximate surface area is 345 Å². The summed E-state index contributed by atoms with van der Waals surface area (Å²) in [5, 5.41) is 1.74. The molecule has 58 heavy (non-hydrogen) atoms. The van der Waals surface area contributed by atoms with Gasteiger partial charge in [0, 0.05) is 33.8 Å². The van der Waals surface area contributed by atoms with Crippen molar-refractivity contribution in [2.45, 2.75) is 49.7 Å². The molecule has 0 atom stereocenters. The Morgan fingerprint density at radius 2 is 1.00 bits per heavy atom. The number of sulfone groups is 1. The van der Waals surface area contributed by atoms with E-state index in [1.54, 1.807) is 30.5 Å². The maximum atomic E-state index is 13.1. The molecule has 8 rings (SSSR count). The van der Waals surface area contributed by atoms with Crippen LogP contribution in [0.2, 0.25) is 0 Å². The van der Waals surface area contributed by atoms with Gasteiger partial charge in [-0.2, -0.15) is 0 Å². The summed E-state index contributed by atoms with van der Waals surface area (Å²) < 4.78 is 38.2. The number of thioether (sulfide) groups is 1. The second-order valence-electron chi connectivity index (χ2n) is 14.1. The van der Waals surface area contributed by atoms with Gasteiger partial charge in [0.05, 0.1) is 10.6 Å². The van der Waals surface area contributed by atoms with Crippen LogP contribution in [-0.4, -0.2) is 29.9 Å². The fourth-order valence-corrected chi connectivity index (χ4v) is 9.03. The number of aromatic nitrogens is 2. The third-order valence-electron chi connectivity index (χ3n) is 9.74. The Kier molecular flexibility index (Phi) is 13.5. The summed E-state index contributed by atoms with van der Waals surface area (Å²) >= 11 is 1.88. The van der Waals surface area contributed by atoms with E-state index >= 15 is 0 Å². The molecule has 6 aromatic carbocycles. The third kappa shape index (κ3) is 10.7. The lowest BCUT2D eigenvalue weighted by atomic mass is 10.1. The van der Waals surface area contributed by atoms with E-state index in [0.29, 0.717) is 41.2 Å². The van der Waals surface area contributed by atoms with Crippen LogP contribution in [0, 0.1) is 13.8 Å². The van der Waals surface area contributed by atoms with Crippen LogP contribution in [0.4, 0.5) is 0 Å². The minimum absolute atomic E-state index is 0.0459. The van der Waals surface area contributed by atoms with Crippen LogP contribution in [0.3, 0.4) is 0 Å². The van der Waals surface area contributed by atoms with Crippen molar-refractivity contribution < 1.29 is 17.9 Å². The number of fused-ring (bicyclic) bond motifs is 2. The van der Waals surface area contributed by atoms with E-state index in [2.05, 4.69) is 65.4 Å². The van der Waals surface area contributed by atoms with Gasteiger partial charge < -0.3 is 9.47 Å². The zero-order valence-electron chi connectivity index (χ0n) is 32.8. The van der Waals surface area contributed by atoms with E-state index in [4.69, 9.17) is 9.47 Å². The molecule has 0 aliphatic carbocycles. The molecule has 0 radical (unpaired) electrons. The van der Waals surface area contributed by atoms with Crippen molar-refractivity contribution in [2.24, 2.45) is 0 Å². The highest BCUT2D eigenvalue weighted by Gasteiger charge is 2.20. The van der Waals surface area contributed by atoms with Crippen LogP contribution in [0.1, 0.15) is 33.4 Å². The van der Waals surface area contributed by atoms with Crippen LogP contribution in [0.15, 0.2) is 180 Å². The SMILES string of the molecule is Cc1ccc(CCS(=O)(=O)c2ccc(OCc3ccccc3)c3ncccc23)cc1.Cc1ccc(CCSc2ccc(OCc3ccccc3)c3ncccc23)cc1. The zero-order valence-corrected chi connectivity index (χ0v) is 34.4. The summed E-state index contributed by atoms with van der Waals surface area (Å²) in [7, 11) is -3.47. The minimum atomic E-state index is -3.47. The molecule has 0 amide bonds. The fourth-order valence-electron chi connectivity index (χ4n) is 6.49. The Balaban J connectivity index is 0.000000177. The van der Waals surface area contributed by atoms with Crippen LogP contribution < -0.4 is 9.47 Å². The normalized spacial score (nSPS) is 11.2. The minimum Gasteiger partial charge on any atom is -0.487 e. The van der Waals surface area contributed by atoms with Crippen LogP contribution in [0.5, 0.6) is 11.5 Å². The maximum absolute atomic E-state index is 13.1. The topological polar surface area (TPSA) is 78.4 Å². The van der Waals surface area contributed by atoms with Crippen molar-refractivity contribution in [2.75, 3.05) is 11.5 Å². The van der Waals surface area contributed by atoms with Gasteiger partial charge in [0.2, 0.25) is 0 Å². The second kappa shape index (κ2) is 19.5. The highest BCUT2D eigenvalue weighted by atomic mass is 32.2. The average Bonchev–Trinajstić information content (AvgIpc) is 3.26. The monoisotopic (exact) mass is 802 g/mol. The first-order valence-corrected chi connectivity index (χ1v) is 22.0. The summed E-state index contributed by atoms with van der Waals surface area (Å²) in [6, 6.07) is 52.0. The van der Waals surface area contributed by atoms with Gasteiger partial charge in [-0.3, -0.25) is 9.97 Å². The van der Waals surface area contributed by atoms with Crippen molar-refractivity contribution in [3.63, 3.8) is 0 Å². The number of pyridine rings is 2. The molecule has 2 aromatic heterocycles. The molecule has 0 aliphatic heterocycles. The number of hydrogen-bond donors (Lipinski definition) is 0. The summed E-state index contributed by atoms with van der Waals surface area (Å²) in [5.41, 5.74) is 8.53. The second-order valence-corrected chi connectivity index (χ2v) is 17.3. The number of nitrogens with zero attached hydrogens (tertiary/aromatic N) is 2. The molecule has 0 bridgehead atoms. The van der Waals surface area contributed by atoms with Gasteiger partial charge in [-0.1, -0.05) is 126 Å². The molecule has 0 spiro atoms. The molecule has 0 unspecified atom stereocenters. The number of aryl methyl sites for hydroxylation is 4. The quantitative estimate of drug-likeness (QED) is 0.101. The number of benzene rings is 6. The lowest BCUT2D eigenvalue weighted by Gasteiger charge is -2.12. The molecule has 292 valence electrons. The van der Waals surface area contributed by atoms with Crippen molar-refractivity contribution in [3.05, 3.63) is 203 Å². The number of hydrogen-bond acceptors (Lipinski definition) is 7. The Bertz CT molecular complexity index is 2670. The Morgan fingerprint density at radius 1 is 0.500 bits per heavy atom.